The van der Waals surface area contributed by atoms with Gasteiger partial charge in [0, 0.05) is 44.8 Å². The number of piperazine rings is 1. The van der Waals surface area contributed by atoms with Crippen LogP contribution in [0.5, 0.6) is 0 Å². The molecule has 0 bridgehead atoms. The fraction of sp³-hybridized carbons (Fsp3) is 0.667. The minimum absolute atomic E-state index is 0.317. The van der Waals surface area contributed by atoms with Crippen molar-refractivity contribution >= 4 is 0 Å². The highest BCUT2D eigenvalue weighted by Gasteiger charge is 2.37. The highest BCUT2D eigenvalue weighted by molar-refractivity contribution is 5.14. The maximum absolute atomic E-state index is 6.17. The highest BCUT2D eigenvalue weighted by atomic mass is 15.3. The molecule has 1 heterocycles. The summed E-state index contributed by atoms with van der Waals surface area (Å²) in [4.78, 5) is 5.28. The number of rotatable bonds is 4. The number of benzene rings is 1. The van der Waals surface area contributed by atoms with Crippen molar-refractivity contribution in [2.24, 2.45) is 5.73 Å². The van der Waals surface area contributed by atoms with Gasteiger partial charge in [-0.2, -0.15) is 0 Å². The van der Waals surface area contributed by atoms with E-state index in [2.05, 4.69) is 40.1 Å². The van der Waals surface area contributed by atoms with Gasteiger partial charge in [-0.15, -0.1) is 0 Å². The molecule has 3 heteroatoms. The van der Waals surface area contributed by atoms with Crippen molar-refractivity contribution in [2.45, 2.75) is 44.2 Å². The number of nitrogens with two attached hydrogens (primary N) is 1. The Balaban J connectivity index is 1.54. The van der Waals surface area contributed by atoms with E-state index in [1.54, 1.807) is 0 Å². The second kappa shape index (κ2) is 6.91. The van der Waals surface area contributed by atoms with Gasteiger partial charge in [0.2, 0.25) is 0 Å². The summed E-state index contributed by atoms with van der Waals surface area (Å²) < 4.78 is 0. The van der Waals surface area contributed by atoms with Gasteiger partial charge in [-0.05, 0) is 18.4 Å². The average molecular weight is 287 g/mol. The molecule has 1 aromatic rings. The molecule has 2 fully saturated rings. The van der Waals surface area contributed by atoms with E-state index in [4.69, 9.17) is 5.73 Å². The van der Waals surface area contributed by atoms with Gasteiger partial charge in [0.1, 0.15) is 0 Å². The summed E-state index contributed by atoms with van der Waals surface area (Å²) in [5.74, 6) is 0. The van der Waals surface area contributed by atoms with Crippen molar-refractivity contribution in [1.82, 2.24) is 9.80 Å². The molecule has 1 aliphatic carbocycles. The van der Waals surface area contributed by atoms with E-state index >= 15 is 0 Å². The third kappa shape index (κ3) is 3.47. The van der Waals surface area contributed by atoms with Crippen LogP contribution < -0.4 is 5.73 Å². The van der Waals surface area contributed by atoms with Crippen molar-refractivity contribution in [3.63, 3.8) is 0 Å². The van der Waals surface area contributed by atoms with E-state index in [1.165, 1.54) is 63.8 Å². The van der Waals surface area contributed by atoms with Gasteiger partial charge in [-0.1, -0.05) is 49.6 Å². The molecule has 0 atom stereocenters. The fourth-order valence-corrected chi connectivity index (χ4v) is 4.08. The molecule has 3 nitrogen and oxygen atoms in total. The first kappa shape index (κ1) is 15.0. The number of hydrogen-bond donors (Lipinski definition) is 1. The summed E-state index contributed by atoms with van der Waals surface area (Å²) in [6, 6.07) is 10.8. The molecule has 0 spiro atoms. The Bertz CT molecular complexity index is 417. The van der Waals surface area contributed by atoms with Gasteiger partial charge in [-0.25, -0.2) is 0 Å². The smallest absolute Gasteiger partial charge is 0.0332 e. The molecular weight excluding hydrogens is 258 g/mol. The Morgan fingerprint density at radius 3 is 2.19 bits per heavy atom. The van der Waals surface area contributed by atoms with E-state index in [0.717, 1.165) is 13.1 Å². The van der Waals surface area contributed by atoms with Crippen LogP contribution in [0.2, 0.25) is 0 Å². The van der Waals surface area contributed by atoms with Gasteiger partial charge >= 0.3 is 0 Å². The van der Waals surface area contributed by atoms with Crippen LogP contribution in [0.15, 0.2) is 30.3 Å². The predicted octanol–water partition coefficient (Wildman–Crippen LogP) is 2.47. The molecule has 2 aliphatic rings. The molecule has 0 aromatic heterocycles. The molecule has 3 rings (SSSR count). The molecule has 1 saturated heterocycles. The van der Waals surface area contributed by atoms with Crippen LogP contribution >= 0.6 is 0 Å². The van der Waals surface area contributed by atoms with Crippen molar-refractivity contribution < 1.29 is 0 Å². The van der Waals surface area contributed by atoms with Gasteiger partial charge in [-0.3, -0.25) is 9.80 Å². The zero-order valence-electron chi connectivity index (χ0n) is 13.1. The van der Waals surface area contributed by atoms with Gasteiger partial charge < -0.3 is 5.73 Å². The van der Waals surface area contributed by atoms with E-state index in [-0.39, 0.29) is 0 Å². The summed E-state index contributed by atoms with van der Waals surface area (Å²) >= 11 is 0. The van der Waals surface area contributed by atoms with Crippen LogP contribution in [0.25, 0.3) is 0 Å². The third-order valence-corrected chi connectivity index (χ3v) is 5.46. The van der Waals surface area contributed by atoms with Crippen LogP contribution in [0.1, 0.15) is 37.7 Å². The maximum Gasteiger partial charge on any atom is 0.0332 e. The minimum atomic E-state index is 0.317. The Hall–Kier alpha value is -0.900. The summed E-state index contributed by atoms with van der Waals surface area (Å²) in [7, 11) is 0. The molecule has 1 saturated carbocycles. The lowest BCUT2D eigenvalue weighted by molar-refractivity contribution is 0.0109. The zero-order valence-corrected chi connectivity index (χ0v) is 13.1. The van der Waals surface area contributed by atoms with E-state index in [9.17, 15) is 0 Å². The SMILES string of the molecule is NCC1(N2CCN(Cc3ccccc3)CC2)CCCCC1. The van der Waals surface area contributed by atoms with E-state index in [1.807, 2.05) is 0 Å². The lowest BCUT2D eigenvalue weighted by atomic mass is 9.80. The monoisotopic (exact) mass is 287 g/mol. The van der Waals surface area contributed by atoms with Gasteiger partial charge in [0.05, 0.1) is 0 Å². The third-order valence-electron chi connectivity index (χ3n) is 5.46. The van der Waals surface area contributed by atoms with Gasteiger partial charge in [0.15, 0.2) is 0 Å². The highest BCUT2D eigenvalue weighted by Crippen LogP contribution is 2.33. The summed E-state index contributed by atoms with van der Waals surface area (Å²) in [5, 5.41) is 0. The lowest BCUT2D eigenvalue weighted by Gasteiger charge is -2.49. The van der Waals surface area contributed by atoms with Crippen LogP contribution in [-0.4, -0.2) is 48.1 Å². The zero-order chi connectivity index (χ0) is 14.5. The van der Waals surface area contributed by atoms with Crippen LogP contribution in [0.4, 0.5) is 0 Å². The minimum Gasteiger partial charge on any atom is -0.329 e. The summed E-state index contributed by atoms with van der Waals surface area (Å²) in [6.45, 7) is 6.65. The quantitative estimate of drug-likeness (QED) is 0.923. The summed E-state index contributed by atoms with van der Waals surface area (Å²) in [5.41, 5.74) is 7.92. The number of hydrogen-bond acceptors (Lipinski definition) is 3. The van der Waals surface area contributed by atoms with Crippen molar-refractivity contribution in [1.29, 1.82) is 0 Å². The molecule has 1 aliphatic heterocycles. The molecule has 116 valence electrons. The molecule has 0 radical (unpaired) electrons. The fourth-order valence-electron chi connectivity index (χ4n) is 4.08. The van der Waals surface area contributed by atoms with Crippen LogP contribution in [0, 0.1) is 0 Å². The van der Waals surface area contributed by atoms with Crippen molar-refractivity contribution in [2.75, 3.05) is 32.7 Å². The Labute approximate surface area is 129 Å². The topological polar surface area (TPSA) is 32.5 Å². The van der Waals surface area contributed by atoms with E-state index in [0.29, 0.717) is 5.54 Å². The molecule has 0 unspecified atom stereocenters. The Morgan fingerprint density at radius 2 is 1.57 bits per heavy atom. The second-order valence-corrected chi connectivity index (χ2v) is 6.74. The first-order chi connectivity index (χ1) is 10.3. The number of nitrogens with zero attached hydrogens (tertiary/aromatic N) is 2. The van der Waals surface area contributed by atoms with Crippen LogP contribution in [0.3, 0.4) is 0 Å². The predicted molar refractivity (Wildman–Crippen MR) is 88.2 cm³/mol. The summed E-state index contributed by atoms with van der Waals surface area (Å²) in [6.07, 6.45) is 6.74. The first-order valence-electron chi connectivity index (χ1n) is 8.54. The van der Waals surface area contributed by atoms with Gasteiger partial charge in [0.25, 0.3) is 0 Å². The maximum atomic E-state index is 6.17. The van der Waals surface area contributed by atoms with E-state index < -0.39 is 0 Å². The normalized spacial score (nSPS) is 24.0. The molecule has 21 heavy (non-hydrogen) atoms. The first-order valence-corrected chi connectivity index (χ1v) is 8.54. The molecule has 2 N–H and O–H groups in total. The molecule has 0 amide bonds. The molecular formula is C18H29N3. The standard InChI is InChI=1S/C18H29N3/c19-16-18(9-5-2-6-10-18)21-13-11-20(12-14-21)15-17-7-3-1-4-8-17/h1,3-4,7-8H,2,5-6,9-16,19H2. The van der Waals surface area contributed by atoms with Crippen LogP contribution in [-0.2, 0) is 6.54 Å². The van der Waals surface area contributed by atoms with Crippen molar-refractivity contribution in [3.05, 3.63) is 35.9 Å². The largest absolute Gasteiger partial charge is 0.329 e. The average Bonchev–Trinajstić information content (AvgIpc) is 2.57. The molecule has 1 aromatic carbocycles. The Morgan fingerprint density at radius 1 is 0.905 bits per heavy atom. The Kier molecular flexibility index (Phi) is 4.94. The van der Waals surface area contributed by atoms with Crippen molar-refractivity contribution in [3.8, 4) is 0 Å². The lowest BCUT2D eigenvalue weighted by Crippen LogP contribution is -2.60. The second-order valence-electron chi connectivity index (χ2n) is 6.74.